The zero-order valence-electron chi connectivity index (χ0n) is 18.7. The number of aromatic nitrogens is 4. The highest BCUT2D eigenvalue weighted by molar-refractivity contribution is 6.42. The molecule has 1 unspecified atom stereocenters. The van der Waals surface area contributed by atoms with Crippen molar-refractivity contribution in [1.82, 2.24) is 19.6 Å². The largest absolute Gasteiger partial charge is 0.437 e. The lowest BCUT2D eigenvalue weighted by Crippen LogP contribution is -2.22. The van der Waals surface area contributed by atoms with Gasteiger partial charge in [0.05, 0.1) is 32.5 Å². The van der Waals surface area contributed by atoms with Crippen molar-refractivity contribution in [1.29, 1.82) is 0 Å². The third kappa shape index (κ3) is 3.41. The van der Waals surface area contributed by atoms with Crippen LogP contribution in [0.5, 0.6) is 11.6 Å². The van der Waals surface area contributed by atoms with Gasteiger partial charge in [0.15, 0.2) is 17.2 Å². The summed E-state index contributed by atoms with van der Waals surface area (Å²) in [6, 6.07) is 18.1. The molecule has 6 aromatic rings. The summed E-state index contributed by atoms with van der Waals surface area (Å²) in [5, 5.41) is 5.85. The third-order valence-electron chi connectivity index (χ3n) is 6.34. The van der Waals surface area contributed by atoms with Crippen molar-refractivity contribution in [3.05, 3.63) is 116 Å². The van der Waals surface area contributed by atoms with Gasteiger partial charge in [0, 0.05) is 5.56 Å². The van der Waals surface area contributed by atoms with Crippen LogP contribution in [0.25, 0.3) is 28.0 Å². The first kappa shape index (κ1) is 22.0. The molecule has 0 fully saturated rings. The van der Waals surface area contributed by atoms with Gasteiger partial charge in [-0.15, -0.1) is 5.10 Å². The van der Waals surface area contributed by atoms with E-state index in [4.69, 9.17) is 37.3 Å². The van der Waals surface area contributed by atoms with Crippen molar-refractivity contribution >= 4 is 39.8 Å². The Hall–Kier alpha value is -4.27. The molecule has 7 nitrogen and oxygen atoms in total. The van der Waals surface area contributed by atoms with Gasteiger partial charge in [-0.1, -0.05) is 41.4 Å². The van der Waals surface area contributed by atoms with Crippen LogP contribution in [0.4, 0.5) is 4.39 Å². The SMILES string of the molecule is O=c1oc2ccccc2c2c1C(c1ccc(Cl)c(Cl)c1)c1c(ncn3nc(-c4ccc(F)cc4)nc13)O2. The second-order valence-corrected chi connectivity index (χ2v) is 9.33. The predicted molar refractivity (Wildman–Crippen MR) is 136 cm³/mol. The Morgan fingerprint density at radius 3 is 2.57 bits per heavy atom. The minimum absolute atomic E-state index is 0.268. The van der Waals surface area contributed by atoms with E-state index in [0.717, 1.165) is 0 Å². The molecule has 3 aromatic carbocycles. The second kappa shape index (κ2) is 8.12. The molecular formula is C27H13Cl2FN4O3. The molecule has 10 heteroatoms. The van der Waals surface area contributed by atoms with Gasteiger partial charge in [0.2, 0.25) is 5.88 Å². The molecule has 0 amide bonds. The maximum atomic E-state index is 13.5. The van der Waals surface area contributed by atoms with Crippen molar-refractivity contribution in [3.8, 4) is 23.0 Å². The van der Waals surface area contributed by atoms with Crippen molar-refractivity contribution in [2.75, 3.05) is 0 Å². The van der Waals surface area contributed by atoms with E-state index in [1.165, 1.54) is 23.0 Å². The molecule has 1 aliphatic rings. The van der Waals surface area contributed by atoms with Gasteiger partial charge in [-0.05, 0) is 54.1 Å². The molecule has 1 aliphatic heterocycles. The van der Waals surface area contributed by atoms with Gasteiger partial charge in [0.1, 0.15) is 17.7 Å². The van der Waals surface area contributed by atoms with E-state index in [1.54, 1.807) is 42.5 Å². The molecule has 3 aromatic heterocycles. The average Bonchev–Trinajstić information content (AvgIpc) is 3.34. The Bertz CT molecular complexity index is 1940. The lowest BCUT2D eigenvalue weighted by atomic mass is 9.84. The number of benzene rings is 3. The molecule has 0 N–H and O–H groups in total. The normalized spacial score (nSPS) is 14.4. The summed E-state index contributed by atoms with van der Waals surface area (Å²) in [5.41, 5.74) is 2.33. The van der Waals surface area contributed by atoms with Crippen LogP contribution in [0.2, 0.25) is 10.0 Å². The summed E-state index contributed by atoms with van der Waals surface area (Å²) in [7, 11) is 0. The van der Waals surface area contributed by atoms with Crippen molar-refractivity contribution in [2.45, 2.75) is 5.92 Å². The summed E-state index contributed by atoms with van der Waals surface area (Å²) in [6.07, 6.45) is 1.48. The number of hydrogen-bond acceptors (Lipinski definition) is 6. The van der Waals surface area contributed by atoms with Crippen LogP contribution in [-0.4, -0.2) is 19.6 Å². The summed E-state index contributed by atoms with van der Waals surface area (Å²) in [4.78, 5) is 22.6. The Morgan fingerprint density at radius 1 is 0.946 bits per heavy atom. The van der Waals surface area contributed by atoms with Crippen LogP contribution >= 0.6 is 23.2 Å². The van der Waals surface area contributed by atoms with Gasteiger partial charge < -0.3 is 9.15 Å². The lowest BCUT2D eigenvalue weighted by Gasteiger charge is -2.27. The minimum atomic E-state index is -0.698. The Morgan fingerprint density at radius 2 is 1.76 bits per heavy atom. The van der Waals surface area contributed by atoms with Crippen molar-refractivity contribution in [2.24, 2.45) is 0 Å². The van der Waals surface area contributed by atoms with E-state index in [2.05, 4.69) is 10.1 Å². The second-order valence-electron chi connectivity index (χ2n) is 8.51. The van der Waals surface area contributed by atoms with E-state index in [1.807, 2.05) is 12.1 Å². The van der Waals surface area contributed by atoms with E-state index in [0.29, 0.717) is 54.9 Å². The number of ether oxygens (including phenoxy) is 1. The zero-order chi connectivity index (χ0) is 25.3. The van der Waals surface area contributed by atoms with Crippen molar-refractivity contribution < 1.29 is 13.5 Å². The van der Waals surface area contributed by atoms with E-state index < -0.39 is 11.5 Å². The van der Waals surface area contributed by atoms with Crippen LogP contribution in [0.1, 0.15) is 22.6 Å². The Labute approximate surface area is 217 Å². The molecule has 0 radical (unpaired) electrons. The molecule has 4 heterocycles. The first-order valence-corrected chi connectivity index (χ1v) is 11.9. The summed E-state index contributed by atoms with van der Waals surface area (Å²) in [6.45, 7) is 0. The predicted octanol–water partition coefficient (Wildman–Crippen LogP) is 6.63. The first-order valence-electron chi connectivity index (χ1n) is 11.2. The fourth-order valence-corrected chi connectivity index (χ4v) is 4.98. The number of fused-ring (bicyclic) bond motifs is 6. The highest BCUT2D eigenvalue weighted by atomic mass is 35.5. The first-order chi connectivity index (χ1) is 18.0. The zero-order valence-corrected chi connectivity index (χ0v) is 20.2. The molecule has 0 saturated carbocycles. The molecule has 7 rings (SSSR count). The number of halogens is 3. The summed E-state index contributed by atoms with van der Waals surface area (Å²) >= 11 is 12.6. The quantitative estimate of drug-likeness (QED) is 0.233. The summed E-state index contributed by atoms with van der Waals surface area (Å²) < 4.78 is 26.9. The molecule has 0 spiro atoms. The minimum Gasteiger partial charge on any atom is -0.437 e. The Balaban J connectivity index is 1.55. The summed E-state index contributed by atoms with van der Waals surface area (Å²) in [5.74, 6) is -0.0825. The number of para-hydroxylation sites is 1. The van der Waals surface area contributed by atoms with Crippen LogP contribution in [-0.2, 0) is 0 Å². The fourth-order valence-electron chi connectivity index (χ4n) is 4.68. The third-order valence-corrected chi connectivity index (χ3v) is 7.08. The van der Waals surface area contributed by atoms with Crippen LogP contribution < -0.4 is 10.4 Å². The van der Waals surface area contributed by atoms with Crippen LogP contribution in [0.3, 0.4) is 0 Å². The van der Waals surface area contributed by atoms with Gasteiger partial charge >= 0.3 is 5.63 Å². The number of rotatable bonds is 2. The van der Waals surface area contributed by atoms with Gasteiger partial charge in [-0.2, -0.15) is 0 Å². The molecule has 0 saturated heterocycles. The molecule has 0 aliphatic carbocycles. The maximum absolute atomic E-state index is 13.5. The monoisotopic (exact) mass is 530 g/mol. The van der Waals surface area contributed by atoms with Gasteiger partial charge in [0.25, 0.3) is 0 Å². The molecule has 180 valence electrons. The van der Waals surface area contributed by atoms with Crippen LogP contribution in [0.15, 0.2) is 82.3 Å². The standard InChI is InChI=1S/C27H13Cl2FN4O3/c28-17-10-7-14(11-18(17)29)20-21-23(16-3-1-2-4-19(16)36-27(21)35)37-26-22(20)25-32-24(33-34(25)12-31-26)13-5-8-15(30)9-6-13/h1-12,20H. The fraction of sp³-hybridized carbons (Fsp3) is 0.0370. The van der Waals surface area contributed by atoms with E-state index in [-0.39, 0.29) is 17.3 Å². The average molecular weight is 531 g/mol. The molecule has 1 atom stereocenters. The number of hydrogen-bond donors (Lipinski definition) is 0. The Kier molecular flexibility index (Phi) is 4.82. The highest BCUT2D eigenvalue weighted by Gasteiger charge is 2.37. The van der Waals surface area contributed by atoms with E-state index >= 15 is 0 Å². The maximum Gasteiger partial charge on any atom is 0.344 e. The topological polar surface area (TPSA) is 82.5 Å². The molecular weight excluding hydrogens is 518 g/mol. The lowest BCUT2D eigenvalue weighted by molar-refractivity contribution is 0.422. The number of nitrogens with zero attached hydrogens (tertiary/aromatic N) is 4. The smallest absolute Gasteiger partial charge is 0.344 e. The van der Waals surface area contributed by atoms with Crippen molar-refractivity contribution in [3.63, 3.8) is 0 Å². The highest BCUT2D eigenvalue weighted by Crippen LogP contribution is 2.49. The van der Waals surface area contributed by atoms with Gasteiger partial charge in [-0.25, -0.2) is 23.7 Å². The molecule has 0 bridgehead atoms. The van der Waals surface area contributed by atoms with Gasteiger partial charge in [-0.3, -0.25) is 0 Å². The van der Waals surface area contributed by atoms with Crippen LogP contribution in [0, 0.1) is 5.82 Å². The van der Waals surface area contributed by atoms with E-state index in [9.17, 15) is 9.18 Å². The molecule has 37 heavy (non-hydrogen) atoms.